The van der Waals surface area contributed by atoms with Gasteiger partial charge in [-0.3, -0.25) is 14.4 Å². The molecule has 1 aliphatic rings. The Morgan fingerprint density at radius 2 is 2.06 bits per heavy atom. The van der Waals surface area contributed by atoms with Crippen molar-refractivity contribution in [1.82, 2.24) is 4.31 Å². The third kappa shape index (κ3) is 2.79. The lowest BCUT2D eigenvalue weighted by Gasteiger charge is -2.29. The van der Waals surface area contributed by atoms with E-state index >= 15 is 0 Å². The second-order valence-corrected chi connectivity index (χ2v) is 5.09. The second-order valence-electron chi connectivity index (χ2n) is 4.53. The van der Waals surface area contributed by atoms with Gasteiger partial charge >= 0.3 is 0 Å². The molecule has 0 amide bonds. The van der Waals surface area contributed by atoms with Crippen LogP contribution >= 0.6 is 12.8 Å². The van der Waals surface area contributed by atoms with Crippen molar-refractivity contribution >= 4 is 18.5 Å². The fourth-order valence-corrected chi connectivity index (χ4v) is 2.64. The van der Waals surface area contributed by atoms with Crippen molar-refractivity contribution in [3.63, 3.8) is 0 Å². The van der Waals surface area contributed by atoms with Crippen LogP contribution < -0.4 is 0 Å². The van der Waals surface area contributed by atoms with Gasteiger partial charge in [-0.05, 0) is 36.8 Å². The zero-order chi connectivity index (χ0) is 12.4. The highest BCUT2D eigenvalue weighted by molar-refractivity contribution is 7.77. The van der Waals surface area contributed by atoms with E-state index in [1.165, 1.54) is 5.56 Å². The number of hydrogen-bond acceptors (Lipinski definition) is 4. The molecule has 1 aliphatic heterocycles. The van der Waals surface area contributed by atoms with Crippen molar-refractivity contribution in [2.45, 2.75) is 25.7 Å². The molecular formula is C12H16N2O2S. The van der Waals surface area contributed by atoms with Gasteiger partial charge in [-0.2, -0.15) is 0 Å². The van der Waals surface area contributed by atoms with Crippen LogP contribution in [0.2, 0.25) is 0 Å². The molecule has 0 N–H and O–H groups in total. The number of nitro benzene ring substituents is 1. The van der Waals surface area contributed by atoms with Gasteiger partial charge in [-0.25, -0.2) is 0 Å². The number of benzene rings is 1. The van der Waals surface area contributed by atoms with Crippen LogP contribution in [0, 0.1) is 17.0 Å². The predicted octanol–water partition coefficient (Wildman–Crippen LogP) is 2.93. The average molecular weight is 252 g/mol. The lowest BCUT2D eigenvalue weighted by atomic mass is 9.87. The summed E-state index contributed by atoms with van der Waals surface area (Å²) in [6.45, 7) is 3.91. The van der Waals surface area contributed by atoms with Gasteiger partial charge in [0, 0.05) is 25.2 Å². The number of nitro groups is 1. The summed E-state index contributed by atoms with van der Waals surface area (Å²) in [5, 5.41) is 10.7. The maximum Gasteiger partial charge on any atom is 0.269 e. The van der Waals surface area contributed by atoms with Crippen LogP contribution in [-0.2, 0) is 0 Å². The minimum absolute atomic E-state index is 0.179. The van der Waals surface area contributed by atoms with Crippen LogP contribution in [0.25, 0.3) is 0 Å². The van der Waals surface area contributed by atoms with Crippen molar-refractivity contribution in [1.29, 1.82) is 0 Å². The summed E-state index contributed by atoms with van der Waals surface area (Å²) >= 11 is 4.33. The molecule has 0 unspecified atom stereocenters. The highest BCUT2D eigenvalue weighted by Gasteiger charge is 2.21. The number of aryl methyl sites for hydroxylation is 1. The molecule has 1 fully saturated rings. The molecule has 1 aromatic carbocycles. The van der Waals surface area contributed by atoms with Crippen LogP contribution in [0.4, 0.5) is 5.69 Å². The zero-order valence-corrected chi connectivity index (χ0v) is 10.7. The van der Waals surface area contributed by atoms with Crippen molar-refractivity contribution in [3.8, 4) is 0 Å². The molecule has 0 saturated carbocycles. The van der Waals surface area contributed by atoms with Gasteiger partial charge in [-0.15, -0.1) is 0 Å². The molecule has 0 radical (unpaired) electrons. The van der Waals surface area contributed by atoms with E-state index in [0.29, 0.717) is 5.92 Å². The fraction of sp³-hybridized carbons (Fsp3) is 0.500. The Morgan fingerprint density at radius 1 is 1.41 bits per heavy atom. The Bertz CT molecular complexity index is 429. The Morgan fingerprint density at radius 3 is 2.59 bits per heavy atom. The van der Waals surface area contributed by atoms with Gasteiger partial charge in [0.1, 0.15) is 0 Å². The van der Waals surface area contributed by atoms with Crippen molar-refractivity contribution < 1.29 is 4.92 Å². The topological polar surface area (TPSA) is 46.4 Å². The molecule has 2 rings (SSSR count). The predicted molar refractivity (Wildman–Crippen MR) is 70.4 cm³/mol. The van der Waals surface area contributed by atoms with Crippen molar-refractivity contribution in [3.05, 3.63) is 39.4 Å². The molecule has 17 heavy (non-hydrogen) atoms. The van der Waals surface area contributed by atoms with Crippen LogP contribution in [0.15, 0.2) is 18.2 Å². The van der Waals surface area contributed by atoms with E-state index in [2.05, 4.69) is 12.8 Å². The van der Waals surface area contributed by atoms with E-state index in [4.69, 9.17) is 0 Å². The van der Waals surface area contributed by atoms with Gasteiger partial charge in [0.15, 0.2) is 0 Å². The first kappa shape index (κ1) is 12.4. The molecule has 0 bridgehead atoms. The van der Waals surface area contributed by atoms with Gasteiger partial charge in [-0.1, -0.05) is 18.9 Å². The summed E-state index contributed by atoms with van der Waals surface area (Å²) in [6, 6.07) is 5.18. The molecule has 92 valence electrons. The first-order chi connectivity index (χ1) is 8.08. The zero-order valence-electron chi connectivity index (χ0n) is 9.80. The summed E-state index contributed by atoms with van der Waals surface area (Å²) in [7, 11) is 0. The van der Waals surface area contributed by atoms with E-state index in [1.807, 2.05) is 17.3 Å². The molecule has 1 heterocycles. The summed E-state index contributed by atoms with van der Waals surface area (Å²) in [5.74, 6) is 0.513. The van der Waals surface area contributed by atoms with Crippen LogP contribution in [0.1, 0.15) is 29.9 Å². The van der Waals surface area contributed by atoms with E-state index in [0.717, 1.165) is 31.5 Å². The second kappa shape index (κ2) is 5.06. The van der Waals surface area contributed by atoms with E-state index in [1.54, 1.807) is 12.1 Å². The van der Waals surface area contributed by atoms with Crippen molar-refractivity contribution in [2.24, 2.45) is 0 Å². The maximum absolute atomic E-state index is 10.7. The Hall–Kier alpha value is -1.07. The number of rotatable bonds is 2. The molecular weight excluding hydrogens is 236 g/mol. The molecule has 0 spiro atoms. The average Bonchev–Trinajstić information content (AvgIpc) is 2.30. The molecule has 4 nitrogen and oxygen atoms in total. The third-order valence-corrected chi connectivity index (χ3v) is 3.78. The fourth-order valence-electron chi connectivity index (χ4n) is 2.41. The molecule has 0 atom stereocenters. The Kier molecular flexibility index (Phi) is 3.69. The molecule has 1 aromatic rings. The monoisotopic (exact) mass is 252 g/mol. The largest absolute Gasteiger partial charge is 0.269 e. The van der Waals surface area contributed by atoms with Gasteiger partial charge in [0.25, 0.3) is 5.69 Å². The minimum Gasteiger partial charge on any atom is -0.258 e. The summed E-state index contributed by atoms with van der Waals surface area (Å²) in [5.41, 5.74) is 2.45. The molecule has 5 heteroatoms. The lowest BCUT2D eigenvalue weighted by molar-refractivity contribution is -0.384. The number of non-ortho nitro benzene ring substituents is 1. The maximum atomic E-state index is 10.7. The SMILES string of the molecule is Cc1cc([N+](=O)[O-])ccc1C1CCN(S)CC1. The molecule has 0 aromatic heterocycles. The highest BCUT2D eigenvalue weighted by atomic mass is 32.1. The van der Waals surface area contributed by atoms with Gasteiger partial charge in [0.05, 0.1) is 4.92 Å². The lowest BCUT2D eigenvalue weighted by Crippen LogP contribution is -2.25. The smallest absolute Gasteiger partial charge is 0.258 e. The standard InChI is InChI=1S/C12H16N2O2S/c1-9-8-11(14(15)16)2-3-12(9)10-4-6-13(17)7-5-10/h2-3,8,10,17H,4-7H2,1H3. The number of piperidine rings is 1. The van der Waals surface area contributed by atoms with Crippen LogP contribution in [-0.4, -0.2) is 22.3 Å². The Balaban J connectivity index is 2.19. The third-order valence-electron chi connectivity index (χ3n) is 3.38. The summed E-state index contributed by atoms with van der Waals surface area (Å²) in [6.07, 6.45) is 2.14. The van der Waals surface area contributed by atoms with Crippen LogP contribution in [0.5, 0.6) is 0 Å². The van der Waals surface area contributed by atoms with E-state index in [9.17, 15) is 10.1 Å². The number of hydrogen-bond donors (Lipinski definition) is 1. The molecule has 1 saturated heterocycles. The van der Waals surface area contributed by atoms with E-state index < -0.39 is 0 Å². The van der Waals surface area contributed by atoms with Crippen LogP contribution in [0.3, 0.4) is 0 Å². The highest BCUT2D eigenvalue weighted by Crippen LogP contribution is 2.32. The number of thiol groups is 1. The normalized spacial score (nSPS) is 18.2. The van der Waals surface area contributed by atoms with Crippen molar-refractivity contribution in [2.75, 3.05) is 13.1 Å². The first-order valence-corrected chi connectivity index (χ1v) is 6.16. The van der Waals surface area contributed by atoms with Gasteiger partial charge < -0.3 is 0 Å². The van der Waals surface area contributed by atoms with E-state index in [-0.39, 0.29) is 10.6 Å². The Labute approximate surface area is 106 Å². The summed E-state index contributed by atoms with van der Waals surface area (Å²) < 4.78 is 2.03. The minimum atomic E-state index is -0.340. The quantitative estimate of drug-likeness (QED) is 0.500. The van der Waals surface area contributed by atoms with Gasteiger partial charge in [0.2, 0.25) is 0 Å². The summed E-state index contributed by atoms with van der Waals surface area (Å²) in [4.78, 5) is 10.3. The number of nitrogens with zero attached hydrogens (tertiary/aromatic N) is 2. The first-order valence-electron chi connectivity index (χ1n) is 5.76. The molecule has 0 aliphatic carbocycles.